The fourth-order valence-electron chi connectivity index (χ4n) is 4.50. The third-order valence-corrected chi connectivity index (χ3v) is 5.74. The van der Waals surface area contributed by atoms with Crippen molar-refractivity contribution in [2.75, 3.05) is 13.6 Å². The normalized spacial score (nSPS) is 24.1. The molecule has 2 heteroatoms. The molecule has 0 amide bonds. The van der Waals surface area contributed by atoms with Gasteiger partial charge in [-0.05, 0) is 49.8 Å². The molecule has 0 aliphatic heterocycles. The zero-order valence-corrected chi connectivity index (χ0v) is 12.7. The molecule has 1 aromatic carbocycles. The highest BCUT2D eigenvalue weighted by atomic mass is 79.9. The second-order valence-electron chi connectivity index (χ2n) is 6.35. The minimum absolute atomic E-state index is 0.374. The lowest BCUT2D eigenvalue weighted by Gasteiger charge is -2.56. The lowest BCUT2D eigenvalue weighted by molar-refractivity contribution is 0.0278. The van der Waals surface area contributed by atoms with Gasteiger partial charge >= 0.3 is 0 Å². The van der Waals surface area contributed by atoms with Crippen LogP contribution in [0, 0.1) is 5.41 Å². The molecule has 1 nitrogen and oxygen atoms in total. The maximum atomic E-state index is 3.75. The Morgan fingerprint density at radius 2 is 1.83 bits per heavy atom. The average Bonchev–Trinajstić information content (AvgIpc) is 2.78. The molecule has 0 saturated heterocycles. The summed E-state index contributed by atoms with van der Waals surface area (Å²) >= 11 is 3.75. The summed E-state index contributed by atoms with van der Waals surface area (Å²) in [7, 11) is 2.08. The predicted octanol–water partition coefficient (Wildman–Crippen LogP) is 4.26. The van der Waals surface area contributed by atoms with Crippen molar-refractivity contribution >= 4 is 15.9 Å². The lowest BCUT2D eigenvalue weighted by atomic mass is 9.49. The van der Waals surface area contributed by atoms with Crippen LogP contribution in [0.4, 0.5) is 0 Å². The predicted molar refractivity (Wildman–Crippen MR) is 79.9 cm³/mol. The summed E-state index contributed by atoms with van der Waals surface area (Å²) < 4.78 is 1.29. The van der Waals surface area contributed by atoms with Crippen LogP contribution in [0.5, 0.6) is 0 Å². The molecule has 1 N–H and O–H groups in total. The van der Waals surface area contributed by atoms with E-state index in [2.05, 4.69) is 52.6 Å². The van der Waals surface area contributed by atoms with Gasteiger partial charge in [-0.1, -0.05) is 47.0 Å². The largest absolute Gasteiger partial charge is 0.319 e. The fourth-order valence-corrected chi connectivity index (χ4v) is 5.21. The van der Waals surface area contributed by atoms with Crippen molar-refractivity contribution in [3.63, 3.8) is 0 Å². The van der Waals surface area contributed by atoms with Gasteiger partial charge in [0.2, 0.25) is 0 Å². The molecule has 0 aromatic heterocycles. The molecule has 98 valence electrons. The summed E-state index contributed by atoms with van der Waals surface area (Å²) in [5.74, 6) is 0. The standard InChI is InChI=1S/C16H22BrN/c1-18-12-16(13-6-2-3-7-14(13)17)10-15(11-16)8-4-5-9-15/h2-3,6-7,18H,4-5,8-12H2,1H3. The molecule has 0 unspecified atom stereocenters. The Morgan fingerprint density at radius 1 is 1.17 bits per heavy atom. The summed E-state index contributed by atoms with van der Waals surface area (Å²) in [6.07, 6.45) is 8.58. The Labute approximate surface area is 118 Å². The molecule has 3 rings (SSSR count). The summed E-state index contributed by atoms with van der Waals surface area (Å²) in [5.41, 5.74) is 2.57. The van der Waals surface area contributed by atoms with E-state index in [-0.39, 0.29) is 0 Å². The summed E-state index contributed by atoms with van der Waals surface area (Å²) in [6, 6.07) is 8.79. The number of benzene rings is 1. The van der Waals surface area contributed by atoms with Crippen molar-refractivity contribution in [1.82, 2.24) is 5.32 Å². The van der Waals surface area contributed by atoms with E-state index >= 15 is 0 Å². The number of rotatable bonds is 3. The van der Waals surface area contributed by atoms with Crippen molar-refractivity contribution in [3.05, 3.63) is 34.3 Å². The van der Waals surface area contributed by atoms with Gasteiger partial charge < -0.3 is 5.32 Å². The summed E-state index contributed by atoms with van der Waals surface area (Å²) in [5, 5.41) is 3.42. The van der Waals surface area contributed by atoms with Gasteiger partial charge in [-0.2, -0.15) is 0 Å². The highest BCUT2D eigenvalue weighted by Gasteiger charge is 2.55. The topological polar surface area (TPSA) is 12.0 Å². The summed E-state index contributed by atoms with van der Waals surface area (Å²) in [4.78, 5) is 0. The van der Waals surface area contributed by atoms with Gasteiger partial charge in [0, 0.05) is 16.4 Å². The van der Waals surface area contributed by atoms with Gasteiger partial charge in [-0.15, -0.1) is 0 Å². The molecule has 0 radical (unpaired) electrons. The van der Waals surface area contributed by atoms with Gasteiger partial charge in [0.05, 0.1) is 0 Å². The van der Waals surface area contributed by atoms with Crippen LogP contribution in [-0.4, -0.2) is 13.6 Å². The van der Waals surface area contributed by atoms with Crippen LogP contribution in [0.3, 0.4) is 0 Å². The molecule has 1 aromatic rings. The average molecular weight is 308 g/mol. The van der Waals surface area contributed by atoms with Crippen molar-refractivity contribution in [3.8, 4) is 0 Å². The van der Waals surface area contributed by atoms with Crippen LogP contribution in [0.2, 0.25) is 0 Å². The van der Waals surface area contributed by atoms with E-state index in [4.69, 9.17) is 0 Å². The first kappa shape index (κ1) is 12.7. The Bertz CT molecular complexity index is 426. The molecule has 2 saturated carbocycles. The fraction of sp³-hybridized carbons (Fsp3) is 0.625. The maximum Gasteiger partial charge on any atom is 0.0213 e. The molecule has 2 aliphatic carbocycles. The van der Waals surface area contributed by atoms with Crippen LogP contribution in [0.1, 0.15) is 44.1 Å². The molecular formula is C16H22BrN. The third-order valence-electron chi connectivity index (χ3n) is 5.05. The molecular weight excluding hydrogens is 286 g/mol. The SMILES string of the molecule is CNCC1(c2ccccc2Br)CC2(CCCC2)C1. The van der Waals surface area contributed by atoms with E-state index in [0.29, 0.717) is 10.8 Å². The Kier molecular flexibility index (Phi) is 3.27. The van der Waals surface area contributed by atoms with Crippen molar-refractivity contribution in [1.29, 1.82) is 0 Å². The first-order chi connectivity index (χ1) is 8.70. The second-order valence-corrected chi connectivity index (χ2v) is 7.21. The Balaban J connectivity index is 1.88. The van der Waals surface area contributed by atoms with Crippen LogP contribution >= 0.6 is 15.9 Å². The van der Waals surface area contributed by atoms with E-state index in [9.17, 15) is 0 Å². The van der Waals surface area contributed by atoms with E-state index in [1.54, 1.807) is 0 Å². The van der Waals surface area contributed by atoms with Gasteiger partial charge in [0.25, 0.3) is 0 Å². The molecule has 2 aliphatic rings. The zero-order chi connectivity index (χ0) is 12.6. The lowest BCUT2D eigenvalue weighted by Crippen LogP contribution is -2.53. The molecule has 18 heavy (non-hydrogen) atoms. The molecule has 0 heterocycles. The number of hydrogen-bond acceptors (Lipinski definition) is 1. The molecule has 2 fully saturated rings. The van der Waals surface area contributed by atoms with Gasteiger partial charge in [0.15, 0.2) is 0 Å². The molecule has 0 bridgehead atoms. The number of halogens is 1. The molecule has 1 spiro atoms. The van der Waals surface area contributed by atoms with Crippen molar-refractivity contribution in [2.24, 2.45) is 5.41 Å². The van der Waals surface area contributed by atoms with Crippen molar-refractivity contribution < 1.29 is 0 Å². The quantitative estimate of drug-likeness (QED) is 0.880. The zero-order valence-electron chi connectivity index (χ0n) is 11.1. The first-order valence-electron chi connectivity index (χ1n) is 7.09. The highest BCUT2D eigenvalue weighted by molar-refractivity contribution is 9.10. The van der Waals surface area contributed by atoms with E-state index in [0.717, 1.165) is 6.54 Å². The third kappa shape index (κ3) is 1.94. The second kappa shape index (κ2) is 4.64. The van der Waals surface area contributed by atoms with E-state index in [1.807, 2.05) is 0 Å². The maximum absolute atomic E-state index is 3.75. The van der Waals surface area contributed by atoms with E-state index < -0.39 is 0 Å². The summed E-state index contributed by atoms with van der Waals surface area (Å²) in [6.45, 7) is 1.11. The highest BCUT2D eigenvalue weighted by Crippen LogP contribution is 2.63. The molecule has 0 atom stereocenters. The number of nitrogens with one attached hydrogen (secondary N) is 1. The minimum Gasteiger partial charge on any atom is -0.319 e. The van der Waals surface area contributed by atoms with Crippen molar-refractivity contribution in [2.45, 2.75) is 43.9 Å². The Morgan fingerprint density at radius 3 is 2.44 bits per heavy atom. The number of likely N-dealkylation sites (N-methyl/N-ethyl adjacent to an activating group) is 1. The van der Waals surface area contributed by atoms with Gasteiger partial charge in [-0.25, -0.2) is 0 Å². The monoisotopic (exact) mass is 307 g/mol. The smallest absolute Gasteiger partial charge is 0.0213 e. The van der Waals surface area contributed by atoms with E-state index in [1.165, 1.54) is 48.6 Å². The van der Waals surface area contributed by atoms with Crippen LogP contribution < -0.4 is 5.32 Å². The van der Waals surface area contributed by atoms with Crippen LogP contribution in [0.15, 0.2) is 28.7 Å². The van der Waals surface area contributed by atoms with Gasteiger partial charge in [-0.3, -0.25) is 0 Å². The number of hydrogen-bond donors (Lipinski definition) is 1. The van der Waals surface area contributed by atoms with Crippen LogP contribution in [0.25, 0.3) is 0 Å². The van der Waals surface area contributed by atoms with Crippen LogP contribution in [-0.2, 0) is 5.41 Å². The van der Waals surface area contributed by atoms with Gasteiger partial charge in [0.1, 0.15) is 0 Å². The Hall–Kier alpha value is -0.340. The minimum atomic E-state index is 0.374. The first-order valence-corrected chi connectivity index (χ1v) is 7.89.